The van der Waals surface area contributed by atoms with Gasteiger partial charge in [0.05, 0.1) is 17.1 Å². The van der Waals surface area contributed by atoms with Crippen molar-refractivity contribution in [3.05, 3.63) is 52.1 Å². The molecule has 23 heavy (non-hydrogen) atoms. The lowest BCUT2D eigenvalue weighted by atomic mass is 10.0. The maximum atomic E-state index is 13.6. The first-order chi connectivity index (χ1) is 10.8. The molecule has 1 aromatic heterocycles. The normalized spacial score (nSPS) is 14.7. The summed E-state index contributed by atoms with van der Waals surface area (Å²) in [7, 11) is 0. The Morgan fingerprint density at radius 1 is 1.35 bits per heavy atom. The predicted molar refractivity (Wildman–Crippen MR) is 82.7 cm³/mol. The highest BCUT2D eigenvalue weighted by Gasteiger charge is 2.31. The molecule has 0 saturated carbocycles. The van der Waals surface area contributed by atoms with Gasteiger partial charge in [0, 0.05) is 37.5 Å². The number of halogens is 3. The fraction of sp³-hybridized carbons (Fsp3) is 0.375. The van der Waals surface area contributed by atoms with Crippen molar-refractivity contribution >= 4 is 17.5 Å². The molecule has 1 amide bonds. The maximum Gasteiger partial charge on any atom is 0.271 e. The summed E-state index contributed by atoms with van der Waals surface area (Å²) >= 11 is 6.06. The predicted octanol–water partition coefficient (Wildman–Crippen LogP) is 3.61. The fourth-order valence-electron chi connectivity index (χ4n) is 2.79. The van der Waals surface area contributed by atoms with Gasteiger partial charge in [0.15, 0.2) is 0 Å². The smallest absolute Gasteiger partial charge is 0.271 e. The number of amides is 1. The third-order valence-corrected chi connectivity index (χ3v) is 4.46. The number of carbonyl (C=O) groups is 1. The average Bonchev–Trinajstić information content (AvgIpc) is 2.86. The second kappa shape index (κ2) is 5.60. The van der Waals surface area contributed by atoms with E-state index in [1.54, 1.807) is 11.1 Å². The van der Waals surface area contributed by atoms with Crippen molar-refractivity contribution < 1.29 is 13.6 Å². The Morgan fingerprint density at radius 2 is 2.09 bits per heavy atom. The Kier molecular flexibility index (Phi) is 3.88. The SMILES string of the molecule is Cc1cnc2n1CCN(C(=O)c1cccc(C(C)(F)F)c1Cl)C2. The molecule has 0 bridgehead atoms. The lowest BCUT2D eigenvalue weighted by molar-refractivity contribution is 0.0175. The lowest BCUT2D eigenvalue weighted by Gasteiger charge is -2.29. The molecule has 2 aromatic rings. The van der Waals surface area contributed by atoms with E-state index < -0.39 is 5.92 Å². The number of nitrogens with zero attached hydrogens (tertiary/aromatic N) is 3. The number of imidazole rings is 1. The Balaban J connectivity index is 1.90. The Morgan fingerprint density at radius 3 is 2.78 bits per heavy atom. The number of hydrogen-bond donors (Lipinski definition) is 0. The molecule has 1 aliphatic heterocycles. The largest absolute Gasteiger partial charge is 0.329 e. The number of aromatic nitrogens is 2. The van der Waals surface area contributed by atoms with Gasteiger partial charge in [-0.15, -0.1) is 0 Å². The van der Waals surface area contributed by atoms with Crippen molar-refractivity contribution in [2.45, 2.75) is 32.9 Å². The molecule has 0 radical (unpaired) electrons. The molecule has 0 saturated heterocycles. The van der Waals surface area contributed by atoms with Gasteiger partial charge in [0.2, 0.25) is 0 Å². The van der Waals surface area contributed by atoms with E-state index in [-0.39, 0.29) is 22.1 Å². The van der Waals surface area contributed by atoms with E-state index in [1.807, 2.05) is 11.5 Å². The van der Waals surface area contributed by atoms with Gasteiger partial charge in [-0.05, 0) is 13.0 Å². The number of alkyl halides is 2. The van der Waals surface area contributed by atoms with Gasteiger partial charge in [-0.3, -0.25) is 4.79 Å². The lowest BCUT2D eigenvalue weighted by Crippen LogP contribution is -2.38. The number of carbonyl (C=O) groups excluding carboxylic acids is 1. The summed E-state index contributed by atoms with van der Waals surface area (Å²) in [6, 6.07) is 4.15. The van der Waals surface area contributed by atoms with Crippen LogP contribution >= 0.6 is 11.6 Å². The first-order valence-electron chi connectivity index (χ1n) is 7.26. The van der Waals surface area contributed by atoms with E-state index in [2.05, 4.69) is 4.98 Å². The van der Waals surface area contributed by atoms with Gasteiger partial charge in [-0.2, -0.15) is 0 Å². The second-order valence-corrected chi connectivity index (χ2v) is 6.13. The standard InChI is InChI=1S/C16H16ClF2N3O/c1-10-8-20-13-9-21(6-7-22(10)13)15(23)11-4-3-5-12(14(11)17)16(2,18)19/h3-5,8H,6-7,9H2,1-2H3. The molecular weight excluding hydrogens is 324 g/mol. The Hall–Kier alpha value is -1.95. The van der Waals surface area contributed by atoms with Gasteiger partial charge in [0.1, 0.15) is 5.82 Å². The Bertz CT molecular complexity index is 767. The van der Waals surface area contributed by atoms with Gasteiger partial charge in [-0.1, -0.05) is 23.7 Å². The summed E-state index contributed by atoms with van der Waals surface area (Å²) in [5.74, 6) is -2.66. The number of hydrogen-bond acceptors (Lipinski definition) is 2. The molecule has 1 aromatic carbocycles. The van der Waals surface area contributed by atoms with Crippen LogP contribution in [0.5, 0.6) is 0 Å². The summed E-state index contributed by atoms with van der Waals surface area (Å²) in [5.41, 5.74) is 0.805. The van der Waals surface area contributed by atoms with Crippen LogP contribution in [-0.2, 0) is 19.0 Å². The highest BCUT2D eigenvalue weighted by Crippen LogP contribution is 2.35. The minimum atomic E-state index is -3.09. The monoisotopic (exact) mass is 339 g/mol. The van der Waals surface area contributed by atoms with Gasteiger partial charge < -0.3 is 9.47 Å². The topological polar surface area (TPSA) is 38.1 Å². The van der Waals surface area contributed by atoms with Crippen LogP contribution in [-0.4, -0.2) is 26.9 Å². The van der Waals surface area contributed by atoms with Crippen molar-refractivity contribution in [3.63, 3.8) is 0 Å². The molecule has 2 heterocycles. The first kappa shape index (κ1) is 15.9. The molecule has 0 aliphatic carbocycles. The highest BCUT2D eigenvalue weighted by molar-refractivity contribution is 6.34. The zero-order valence-corrected chi connectivity index (χ0v) is 13.6. The number of aryl methyl sites for hydroxylation is 1. The molecule has 1 aliphatic rings. The van der Waals surface area contributed by atoms with Crippen LogP contribution in [0.2, 0.25) is 5.02 Å². The zero-order valence-electron chi connectivity index (χ0n) is 12.8. The maximum absolute atomic E-state index is 13.6. The minimum Gasteiger partial charge on any atom is -0.329 e. The number of fused-ring (bicyclic) bond motifs is 1. The molecule has 7 heteroatoms. The third-order valence-electron chi connectivity index (χ3n) is 4.05. The van der Waals surface area contributed by atoms with Gasteiger partial charge in [-0.25, -0.2) is 13.8 Å². The molecule has 0 fully saturated rings. The minimum absolute atomic E-state index is 0.0995. The van der Waals surface area contributed by atoms with E-state index in [9.17, 15) is 13.6 Å². The molecule has 0 spiro atoms. The molecule has 4 nitrogen and oxygen atoms in total. The van der Waals surface area contributed by atoms with Crippen LogP contribution in [0.4, 0.5) is 8.78 Å². The zero-order chi connectivity index (χ0) is 16.8. The third kappa shape index (κ3) is 2.83. The Labute approximate surface area is 137 Å². The summed E-state index contributed by atoms with van der Waals surface area (Å²) in [4.78, 5) is 18.5. The summed E-state index contributed by atoms with van der Waals surface area (Å²) in [6.07, 6.45) is 1.76. The van der Waals surface area contributed by atoms with Crippen LogP contribution in [0.25, 0.3) is 0 Å². The second-order valence-electron chi connectivity index (χ2n) is 5.75. The quantitative estimate of drug-likeness (QED) is 0.838. The molecule has 122 valence electrons. The molecule has 3 rings (SSSR count). The van der Waals surface area contributed by atoms with Crippen molar-refractivity contribution in [2.24, 2.45) is 0 Å². The van der Waals surface area contributed by atoms with Crippen molar-refractivity contribution in [1.82, 2.24) is 14.5 Å². The first-order valence-corrected chi connectivity index (χ1v) is 7.64. The van der Waals surface area contributed by atoms with Gasteiger partial charge >= 0.3 is 0 Å². The van der Waals surface area contributed by atoms with Crippen molar-refractivity contribution in [2.75, 3.05) is 6.54 Å². The van der Waals surface area contributed by atoms with Crippen LogP contribution < -0.4 is 0 Å². The average molecular weight is 340 g/mol. The fourth-order valence-corrected chi connectivity index (χ4v) is 3.17. The van der Waals surface area contributed by atoms with Crippen LogP contribution in [0.3, 0.4) is 0 Å². The molecular formula is C16H16ClF2N3O. The summed E-state index contributed by atoms with van der Waals surface area (Å²) in [5, 5.41) is -0.185. The highest BCUT2D eigenvalue weighted by atomic mass is 35.5. The van der Waals surface area contributed by atoms with E-state index in [0.717, 1.165) is 18.4 Å². The molecule has 0 unspecified atom stereocenters. The van der Waals surface area contributed by atoms with Crippen molar-refractivity contribution in [3.8, 4) is 0 Å². The number of benzene rings is 1. The summed E-state index contributed by atoms with van der Waals surface area (Å²) in [6.45, 7) is 4.19. The van der Waals surface area contributed by atoms with E-state index in [1.165, 1.54) is 18.2 Å². The van der Waals surface area contributed by atoms with E-state index >= 15 is 0 Å². The van der Waals surface area contributed by atoms with Gasteiger partial charge in [0.25, 0.3) is 11.8 Å². The van der Waals surface area contributed by atoms with Crippen LogP contribution in [0.15, 0.2) is 24.4 Å². The van der Waals surface area contributed by atoms with E-state index in [0.29, 0.717) is 19.6 Å². The molecule has 0 N–H and O–H groups in total. The van der Waals surface area contributed by atoms with Crippen LogP contribution in [0.1, 0.15) is 34.4 Å². The van der Waals surface area contributed by atoms with Crippen molar-refractivity contribution in [1.29, 1.82) is 0 Å². The van der Waals surface area contributed by atoms with Crippen LogP contribution in [0, 0.1) is 6.92 Å². The van der Waals surface area contributed by atoms with E-state index in [4.69, 9.17) is 11.6 Å². The molecule has 0 atom stereocenters. The summed E-state index contributed by atoms with van der Waals surface area (Å²) < 4.78 is 29.2. The number of rotatable bonds is 2.